The van der Waals surface area contributed by atoms with Crippen molar-refractivity contribution in [1.82, 2.24) is 9.88 Å². The number of aryl methyl sites for hydroxylation is 1. The molecule has 0 fully saturated rings. The molecule has 3 aromatic rings. The lowest BCUT2D eigenvalue weighted by Crippen LogP contribution is -2.44. The van der Waals surface area contributed by atoms with Crippen molar-refractivity contribution in [1.29, 1.82) is 0 Å². The van der Waals surface area contributed by atoms with Gasteiger partial charge >= 0.3 is 0 Å². The van der Waals surface area contributed by atoms with Crippen LogP contribution in [0, 0.1) is 12.7 Å². The molecular weight excluding hydrogens is 389 g/mol. The van der Waals surface area contributed by atoms with Crippen molar-refractivity contribution in [2.75, 3.05) is 12.8 Å². The Morgan fingerprint density at radius 2 is 2.00 bits per heavy atom. The fraction of sp³-hybridized carbons (Fsp3) is 0.174. The molecule has 0 aliphatic carbocycles. The quantitative estimate of drug-likeness (QED) is 0.410. The highest BCUT2D eigenvalue weighted by Crippen LogP contribution is 2.35. The van der Waals surface area contributed by atoms with E-state index in [1.54, 1.807) is 37.5 Å². The van der Waals surface area contributed by atoms with Gasteiger partial charge in [0.15, 0.2) is 0 Å². The predicted octanol–water partition coefficient (Wildman–Crippen LogP) is 2.93. The maximum absolute atomic E-state index is 15.0. The zero-order valence-corrected chi connectivity index (χ0v) is 17.3. The lowest BCUT2D eigenvalue weighted by atomic mass is 9.59. The van der Waals surface area contributed by atoms with Crippen LogP contribution in [0.1, 0.15) is 32.7 Å². The van der Waals surface area contributed by atoms with Gasteiger partial charge in [-0.1, -0.05) is 12.1 Å². The van der Waals surface area contributed by atoms with Crippen LogP contribution in [-0.2, 0) is 11.9 Å². The Balaban J connectivity index is 1.66. The number of aliphatic imine (C=N–C) groups is 1. The predicted molar refractivity (Wildman–Crippen MR) is 122 cm³/mol. The first-order valence-electron chi connectivity index (χ1n) is 9.70. The van der Waals surface area contributed by atoms with E-state index in [0.29, 0.717) is 22.4 Å². The van der Waals surface area contributed by atoms with Crippen LogP contribution in [0.4, 0.5) is 10.1 Å². The number of fused-ring (bicyclic) bond motifs is 1. The molecule has 1 aromatic heterocycles. The highest BCUT2D eigenvalue weighted by atomic mass is 19.1. The summed E-state index contributed by atoms with van der Waals surface area (Å²) >= 11 is 0. The number of halogens is 1. The lowest BCUT2D eigenvalue weighted by Gasteiger charge is -2.33. The maximum Gasteiger partial charge on any atom is 0.255 e. The van der Waals surface area contributed by atoms with E-state index in [1.807, 2.05) is 19.1 Å². The Hall–Kier alpha value is -3.41. The number of nitrogens with zero attached hydrogens (tertiary/aromatic N) is 3. The number of carbonyl (C=O) groups is 1. The Morgan fingerprint density at radius 1 is 1.23 bits per heavy atom. The first kappa shape index (κ1) is 20.8. The molecule has 2 N–H and O–H groups in total. The van der Waals surface area contributed by atoms with Gasteiger partial charge in [0, 0.05) is 48.2 Å². The van der Waals surface area contributed by atoms with Crippen LogP contribution in [0.15, 0.2) is 53.7 Å². The zero-order chi connectivity index (χ0) is 22.3. The van der Waals surface area contributed by atoms with Gasteiger partial charge in [-0.05, 0) is 53.9 Å². The van der Waals surface area contributed by atoms with Crippen LogP contribution >= 0.6 is 0 Å². The van der Waals surface area contributed by atoms with Gasteiger partial charge in [-0.15, -0.1) is 0 Å². The fourth-order valence-electron chi connectivity index (χ4n) is 3.80. The van der Waals surface area contributed by atoms with E-state index in [2.05, 4.69) is 9.98 Å². The molecule has 0 saturated carbocycles. The minimum atomic E-state index is -1.61. The van der Waals surface area contributed by atoms with E-state index < -0.39 is 11.2 Å². The Kier molecular flexibility index (Phi) is 5.17. The monoisotopic (exact) mass is 408 g/mol. The highest BCUT2D eigenvalue weighted by Gasteiger charge is 2.43. The number of aromatic nitrogens is 1. The van der Waals surface area contributed by atoms with Crippen LogP contribution in [-0.4, -0.2) is 44.7 Å². The molecule has 1 aliphatic rings. The summed E-state index contributed by atoms with van der Waals surface area (Å²) in [5.74, 6) is -0.848. The van der Waals surface area contributed by atoms with Crippen molar-refractivity contribution in [3.05, 3.63) is 82.4 Å². The molecule has 0 atom stereocenters. The highest BCUT2D eigenvalue weighted by molar-refractivity contribution is 6.42. The van der Waals surface area contributed by atoms with Gasteiger partial charge in [0.25, 0.3) is 5.91 Å². The van der Waals surface area contributed by atoms with Gasteiger partial charge in [0.05, 0.1) is 26.9 Å². The van der Waals surface area contributed by atoms with Gasteiger partial charge in [-0.2, -0.15) is 0 Å². The summed E-state index contributed by atoms with van der Waals surface area (Å²) in [6, 6.07) is 11.8. The van der Waals surface area contributed by atoms with Crippen LogP contribution in [0.25, 0.3) is 11.1 Å². The molecular formula is C23H19B2FN4O. The fourth-order valence-corrected chi connectivity index (χ4v) is 3.80. The second-order valence-electron chi connectivity index (χ2n) is 7.61. The zero-order valence-electron chi connectivity index (χ0n) is 17.3. The molecule has 0 spiro atoms. The van der Waals surface area contributed by atoms with E-state index in [-0.39, 0.29) is 18.1 Å². The van der Waals surface area contributed by atoms with Gasteiger partial charge in [0.1, 0.15) is 5.82 Å². The van der Waals surface area contributed by atoms with E-state index >= 15 is 4.39 Å². The Morgan fingerprint density at radius 3 is 2.68 bits per heavy atom. The smallest absolute Gasteiger partial charge is 0.255 e. The lowest BCUT2D eigenvalue weighted by molar-refractivity contribution is 0.0729. The maximum atomic E-state index is 15.0. The van der Waals surface area contributed by atoms with Crippen molar-refractivity contribution in [2.45, 2.75) is 18.8 Å². The molecule has 1 aliphatic heterocycles. The average Bonchev–Trinajstić information content (AvgIpc) is 2.93. The molecule has 150 valence electrons. The molecule has 0 bridgehead atoms. The molecule has 4 radical (unpaired) electrons. The van der Waals surface area contributed by atoms with E-state index in [4.69, 9.17) is 21.4 Å². The number of benzene rings is 2. The van der Waals surface area contributed by atoms with Crippen LogP contribution < -0.4 is 5.73 Å². The van der Waals surface area contributed by atoms with Crippen molar-refractivity contribution in [3.63, 3.8) is 0 Å². The molecule has 8 heteroatoms. The van der Waals surface area contributed by atoms with Crippen molar-refractivity contribution < 1.29 is 9.18 Å². The number of amides is 1. The third-order valence-electron chi connectivity index (χ3n) is 5.51. The summed E-state index contributed by atoms with van der Waals surface area (Å²) in [7, 11) is 14.1. The Labute approximate surface area is 183 Å². The summed E-state index contributed by atoms with van der Waals surface area (Å²) in [6.07, 6.45) is 3.19. The number of nitrogens with two attached hydrogens (primary N) is 1. The number of pyridine rings is 1. The minimum absolute atomic E-state index is 0.0805. The molecule has 2 aromatic carbocycles. The van der Waals surface area contributed by atoms with Gasteiger partial charge in [-0.25, -0.2) is 4.39 Å². The second-order valence-corrected chi connectivity index (χ2v) is 7.61. The van der Waals surface area contributed by atoms with Crippen molar-refractivity contribution >= 4 is 33.5 Å². The van der Waals surface area contributed by atoms with Gasteiger partial charge in [-0.3, -0.25) is 14.8 Å². The number of carbonyl (C=O) groups excluding carboxylic acids is 1. The van der Waals surface area contributed by atoms with E-state index in [0.717, 1.165) is 16.7 Å². The van der Waals surface area contributed by atoms with Crippen LogP contribution in [0.3, 0.4) is 0 Å². The number of hydrogen-bond donors (Lipinski definition) is 1. The second kappa shape index (κ2) is 7.69. The normalized spacial score (nSPS) is 14.9. The van der Waals surface area contributed by atoms with Crippen LogP contribution in [0.2, 0.25) is 0 Å². The Bertz CT molecular complexity index is 1230. The van der Waals surface area contributed by atoms with Crippen LogP contribution in [0.5, 0.6) is 0 Å². The van der Waals surface area contributed by atoms with Crippen molar-refractivity contribution in [2.24, 2.45) is 4.99 Å². The molecule has 0 unspecified atom stereocenters. The summed E-state index contributed by atoms with van der Waals surface area (Å²) in [4.78, 5) is 22.2. The van der Waals surface area contributed by atoms with E-state index in [9.17, 15) is 4.79 Å². The van der Waals surface area contributed by atoms with Gasteiger partial charge < -0.3 is 10.6 Å². The third-order valence-corrected chi connectivity index (χ3v) is 5.51. The van der Waals surface area contributed by atoms with E-state index in [1.165, 1.54) is 17.2 Å². The summed E-state index contributed by atoms with van der Waals surface area (Å²) < 4.78 is 15.0. The number of hydrogen-bond acceptors (Lipinski definition) is 4. The molecule has 5 nitrogen and oxygen atoms in total. The number of rotatable bonds is 4. The molecule has 2 heterocycles. The average molecular weight is 408 g/mol. The third kappa shape index (κ3) is 3.52. The standard InChI is InChI=1S/C23H19B2FN4O/c1-13-8-16(9-17(11-28-2)20(13)27)14-5-6-15(19(26)10-14)12-30-22(31)18-4-3-7-29-21(18)23(30,24)25/h3-11H,12,27H2,1-2H3. The molecule has 31 heavy (non-hydrogen) atoms. The molecule has 4 rings (SSSR count). The largest absolute Gasteiger partial charge is 0.398 e. The molecule has 0 saturated heterocycles. The SMILES string of the molecule is [B]C1([B])c2ncccc2C(=O)N1Cc1ccc(-c2cc(C)c(N)c(C=NC)c2)cc1F. The minimum Gasteiger partial charge on any atom is -0.398 e. The topological polar surface area (TPSA) is 71.6 Å². The molecule has 1 amide bonds. The summed E-state index contributed by atoms with van der Waals surface area (Å²) in [5, 5.41) is -1.61. The number of nitrogen functional groups attached to an aromatic ring is 1. The number of anilines is 1. The van der Waals surface area contributed by atoms with Gasteiger partial charge in [0.2, 0.25) is 0 Å². The van der Waals surface area contributed by atoms with Crippen molar-refractivity contribution in [3.8, 4) is 11.1 Å². The summed E-state index contributed by atoms with van der Waals surface area (Å²) in [5.41, 5.74) is 10.8. The first-order chi connectivity index (χ1) is 14.7. The summed E-state index contributed by atoms with van der Waals surface area (Å²) in [6.45, 7) is 1.81. The first-order valence-corrected chi connectivity index (χ1v) is 9.70.